The van der Waals surface area contributed by atoms with E-state index < -0.39 is 0 Å². The minimum absolute atomic E-state index is 0.0817. The number of hydrogen-bond acceptors (Lipinski definition) is 4. The van der Waals surface area contributed by atoms with Crippen LogP contribution in [0.2, 0.25) is 0 Å². The lowest BCUT2D eigenvalue weighted by Crippen LogP contribution is -2.31. The molecule has 0 saturated carbocycles. The van der Waals surface area contributed by atoms with Crippen LogP contribution >= 0.6 is 0 Å². The second-order valence-electron chi connectivity index (χ2n) is 4.08. The van der Waals surface area contributed by atoms with Crippen molar-refractivity contribution < 1.29 is 14.3 Å². The first-order chi connectivity index (χ1) is 8.26. The smallest absolute Gasteiger partial charge is 0.183 e. The maximum absolute atomic E-state index is 12.3. The lowest BCUT2D eigenvalue weighted by Gasteiger charge is -2.13. The van der Waals surface area contributed by atoms with E-state index in [-0.39, 0.29) is 11.8 Å². The van der Waals surface area contributed by atoms with E-state index in [1.807, 2.05) is 0 Å². The van der Waals surface area contributed by atoms with Gasteiger partial charge in [0.1, 0.15) is 11.5 Å². The number of carbonyl (C=O) groups is 1. The molecule has 0 bridgehead atoms. The highest BCUT2D eigenvalue weighted by Gasteiger charge is 2.25. The fraction of sp³-hybridized carbons (Fsp3) is 0.462. The molecule has 0 amide bonds. The molecule has 0 spiro atoms. The standard InChI is InChI=1S/C13H17NO3/c1-16-9-5-6-12(17-2)10(8-9)13(15)11-4-3-7-14-11/h5-6,8,11,14H,3-4,7H2,1-2H3. The molecule has 1 atom stereocenters. The average molecular weight is 235 g/mol. The van der Waals surface area contributed by atoms with Crippen molar-refractivity contribution in [3.8, 4) is 11.5 Å². The van der Waals surface area contributed by atoms with Crippen LogP contribution in [0, 0.1) is 0 Å². The maximum Gasteiger partial charge on any atom is 0.183 e. The van der Waals surface area contributed by atoms with Gasteiger partial charge in [-0.2, -0.15) is 0 Å². The van der Waals surface area contributed by atoms with E-state index in [2.05, 4.69) is 5.32 Å². The van der Waals surface area contributed by atoms with Crippen LogP contribution in [-0.4, -0.2) is 32.6 Å². The zero-order valence-corrected chi connectivity index (χ0v) is 10.2. The Hall–Kier alpha value is -1.55. The van der Waals surface area contributed by atoms with Gasteiger partial charge in [-0.05, 0) is 37.6 Å². The molecule has 0 aromatic heterocycles. The molecule has 1 heterocycles. The van der Waals surface area contributed by atoms with E-state index in [4.69, 9.17) is 9.47 Å². The lowest BCUT2D eigenvalue weighted by molar-refractivity contribution is 0.0949. The predicted molar refractivity (Wildman–Crippen MR) is 64.9 cm³/mol. The summed E-state index contributed by atoms with van der Waals surface area (Å²) in [6.07, 6.45) is 1.93. The number of ketones is 1. The Labute approximate surface area is 101 Å². The number of carbonyl (C=O) groups excluding carboxylic acids is 1. The summed E-state index contributed by atoms with van der Waals surface area (Å²) >= 11 is 0. The lowest BCUT2D eigenvalue weighted by atomic mass is 10.0. The normalized spacial score (nSPS) is 19.1. The fourth-order valence-electron chi connectivity index (χ4n) is 2.10. The maximum atomic E-state index is 12.3. The van der Waals surface area contributed by atoms with Crippen molar-refractivity contribution in [1.29, 1.82) is 0 Å². The van der Waals surface area contributed by atoms with Crippen molar-refractivity contribution in [2.75, 3.05) is 20.8 Å². The second-order valence-corrected chi connectivity index (χ2v) is 4.08. The Morgan fingerprint density at radius 2 is 2.18 bits per heavy atom. The molecule has 2 rings (SSSR count). The van der Waals surface area contributed by atoms with Crippen LogP contribution in [0.25, 0.3) is 0 Å². The fourth-order valence-corrected chi connectivity index (χ4v) is 2.10. The summed E-state index contributed by atoms with van der Waals surface area (Å²) in [5.41, 5.74) is 0.589. The Balaban J connectivity index is 2.30. The van der Waals surface area contributed by atoms with Gasteiger partial charge >= 0.3 is 0 Å². The third-order valence-electron chi connectivity index (χ3n) is 3.05. The number of benzene rings is 1. The number of rotatable bonds is 4. The van der Waals surface area contributed by atoms with E-state index in [0.717, 1.165) is 19.4 Å². The van der Waals surface area contributed by atoms with Gasteiger partial charge in [0.25, 0.3) is 0 Å². The first kappa shape index (κ1) is 11.9. The molecule has 1 fully saturated rings. The highest BCUT2D eigenvalue weighted by atomic mass is 16.5. The van der Waals surface area contributed by atoms with Crippen LogP contribution in [0.1, 0.15) is 23.2 Å². The monoisotopic (exact) mass is 235 g/mol. The topological polar surface area (TPSA) is 47.6 Å². The van der Waals surface area contributed by atoms with E-state index in [9.17, 15) is 4.79 Å². The largest absolute Gasteiger partial charge is 0.497 e. The molecule has 4 heteroatoms. The van der Waals surface area contributed by atoms with Gasteiger partial charge in [-0.25, -0.2) is 0 Å². The molecule has 1 aromatic rings. The highest BCUT2D eigenvalue weighted by molar-refractivity contribution is 6.02. The molecule has 1 saturated heterocycles. The van der Waals surface area contributed by atoms with E-state index in [1.165, 1.54) is 0 Å². The van der Waals surface area contributed by atoms with Gasteiger partial charge in [-0.15, -0.1) is 0 Å². The first-order valence-corrected chi connectivity index (χ1v) is 5.76. The van der Waals surface area contributed by atoms with Crippen LogP contribution in [0.5, 0.6) is 11.5 Å². The summed E-state index contributed by atoms with van der Waals surface area (Å²) in [6, 6.07) is 5.20. The van der Waals surface area contributed by atoms with Gasteiger partial charge in [-0.3, -0.25) is 4.79 Å². The van der Waals surface area contributed by atoms with Crippen LogP contribution in [-0.2, 0) is 0 Å². The zero-order valence-electron chi connectivity index (χ0n) is 10.2. The summed E-state index contributed by atoms with van der Waals surface area (Å²) in [7, 11) is 3.16. The van der Waals surface area contributed by atoms with Gasteiger partial charge in [-0.1, -0.05) is 0 Å². The van der Waals surface area contributed by atoms with Gasteiger partial charge in [0.05, 0.1) is 25.8 Å². The highest BCUT2D eigenvalue weighted by Crippen LogP contribution is 2.26. The van der Waals surface area contributed by atoms with E-state index in [0.29, 0.717) is 17.1 Å². The number of hydrogen-bond donors (Lipinski definition) is 1. The second kappa shape index (κ2) is 5.19. The molecule has 1 aromatic carbocycles. The molecular formula is C13H17NO3. The van der Waals surface area contributed by atoms with E-state index in [1.54, 1.807) is 32.4 Å². The third-order valence-corrected chi connectivity index (χ3v) is 3.05. The van der Waals surface area contributed by atoms with E-state index >= 15 is 0 Å². The zero-order chi connectivity index (χ0) is 12.3. The Kier molecular flexibility index (Phi) is 3.64. The number of methoxy groups -OCH3 is 2. The van der Waals surface area contributed by atoms with Crippen LogP contribution < -0.4 is 14.8 Å². The molecule has 92 valence electrons. The van der Waals surface area contributed by atoms with Gasteiger partial charge < -0.3 is 14.8 Å². The Morgan fingerprint density at radius 1 is 1.35 bits per heavy atom. The Morgan fingerprint density at radius 3 is 2.76 bits per heavy atom. The molecule has 0 radical (unpaired) electrons. The molecule has 17 heavy (non-hydrogen) atoms. The third kappa shape index (κ3) is 2.42. The molecule has 1 unspecified atom stereocenters. The minimum Gasteiger partial charge on any atom is -0.497 e. The van der Waals surface area contributed by atoms with Crippen molar-refractivity contribution in [2.45, 2.75) is 18.9 Å². The van der Waals surface area contributed by atoms with Crippen molar-refractivity contribution >= 4 is 5.78 Å². The molecule has 1 N–H and O–H groups in total. The van der Waals surface area contributed by atoms with Crippen molar-refractivity contribution in [3.63, 3.8) is 0 Å². The number of ether oxygens (including phenoxy) is 2. The number of Topliss-reactive ketones (excluding diaryl/α,β-unsaturated/α-hetero) is 1. The minimum atomic E-state index is -0.0870. The predicted octanol–water partition coefficient (Wildman–Crippen LogP) is 1.64. The van der Waals surface area contributed by atoms with Crippen molar-refractivity contribution in [3.05, 3.63) is 23.8 Å². The summed E-state index contributed by atoms with van der Waals surface area (Å²) in [5.74, 6) is 1.36. The van der Waals surface area contributed by atoms with Crippen molar-refractivity contribution in [2.24, 2.45) is 0 Å². The molecular weight excluding hydrogens is 218 g/mol. The van der Waals surface area contributed by atoms with Crippen LogP contribution in [0.3, 0.4) is 0 Å². The van der Waals surface area contributed by atoms with Gasteiger partial charge in [0.15, 0.2) is 5.78 Å². The summed E-state index contributed by atoms with van der Waals surface area (Å²) < 4.78 is 10.4. The van der Waals surface area contributed by atoms with Gasteiger partial charge in [0.2, 0.25) is 0 Å². The molecule has 1 aliphatic heterocycles. The summed E-state index contributed by atoms with van der Waals surface area (Å²) in [4.78, 5) is 12.3. The van der Waals surface area contributed by atoms with Crippen LogP contribution in [0.4, 0.5) is 0 Å². The summed E-state index contributed by atoms with van der Waals surface area (Å²) in [5, 5.41) is 3.20. The molecule has 1 aliphatic rings. The Bertz CT molecular complexity index is 411. The summed E-state index contributed by atoms with van der Waals surface area (Å²) in [6.45, 7) is 0.905. The van der Waals surface area contributed by atoms with Crippen molar-refractivity contribution in [1.82, 2.24) is 5.32 Å². The molecule has 4 nitrogen and oxygen atoms in total. The van der Waals surface area contributed by atoms with Gasteiger partial charge in [0, 0.05) is 0 Å². The first-order valence-electron chi connectivity index (χ1n) is 5.76. The van der Waals surface area contributed by atoms with Crippen LogP contribution in [0.15, 0.2) is 18.2 Å². The average Bonchev–Trinajstić information content (AvgIpc) is 2.91. The molecule has 0 aliphatic carbocycles. The SMILES string of the molecule is COc1ccc(OC)c(C(=O)C2CCCN2)c1. The quantitative estimate of drug-likeness (QED) is 0.806. The number of nitrogens with one attached hydrogen (secondary N) is 1.